The van der Waals surface area contributed by atoms with E-state index in [1.807, 2.05) is 28.8 Å². The quantitative estimate of drug-likeness (QED) is 0.742. The van der Waals surface area contributed by atoms with E-state index < -0.39 is 0 Å². The van der Waals surface area contributed by atoms with Crippen LogP contribution in [0.5, 0.6) is 0 Å². The van der Waals surface area contributed by atoms with Gasteiger partial charge in [-0.2, -0.15) is 0 Å². The molecule has 112 valence electrons. The van der Waals surface area contributed by atoms with Crippen LogP contribution in [-0.4, -0.2) is 27.4 Å². The summed E-state index contributed by atoms with van der Waals surface area (Å²) in [7, 11) is 1.74. The first-order valence-corrected chi connectivity index (χ1v) is 7.02. The van der Waals surface area contributed by atoms with Gasteiger partial charge in [0.15, 0.2) is 0 Å². The zero-order valence-electron chi connectivity index (χ0n) is 12.2. The minimum absolute atomic E-state index is 0.0209. The third kappa shape index (κ3) is 2.98. The Labute approximate surface area is 127 Å². The first-order valence-electron chi connectivity index (χ1n) is 7.02. The number of hydrogen-bond acceptors (Lipinski definition) is 2. The van der Waals surface area contributed by atoms with E-state index in [-0.39, 0.29) is 18.3 Å². The molecule has 0 saturated carbocycles. The molecule has 0 aliphatic rings. The van der Waals surface area contributed by atoms with Crippen molar-refractivity contribution in [1.29, 1.82) is 0 Å². The third-order valence-electron chi connectivity index (χ3n) is 3.59. The van der Waals surface area contributed by atoms with Crippen molar-refractivity contribution in [3.63, 3.8) is 0 Å². The Bertz CT molecular complexity index is 795. The number of fused-ring (bicyclic) bond motifs is 1. The van der Waals surface area contributed by atoms with Gasteiger partial charge in [0.2, 0.25) is 5.91 Å². The van der Waals surface area contributed by atoms with E-state index in [2.05, 4.69) is 4.98 Å². The number of imidazole rings is 1. The smallest absolute Gasteiger partial charge is 0.242 e. The van der Waals surface area contributed by atoms with Crippen LogP contribution in [0.2, 0.25) is 0 Å². The second-order valence-corrected chi connectivity index (χ2v) is 5.24. The Hall–Kier alpha value is -2.69. The molecule has 0 fully saturated rings. The molecule has 0 unspecified atom stereocenters. The van der Waals surface area contributed by atoms with Crippen LogP contribution in [0.3, 0.4) is 0 Å². The van der Waals surface area contributed by atoms with E-state index in [4.69, 9.17) is 0 Å². The summed E-state index contributed by atoms with van der Waals surface area (Å²) in [6.45, 7) is 0.684. The van der Waals surface area contributed by atoms with Crippen molar-refractivity contribution >= 4 is 16.9 Å². The van der Waals surface area contributed by atoms with Gasteiger partial charge in [-0.25, -0.2) is 9.37 Å². The molecule has 3 rings (SSSR count). The van der Waals surface area contributed by atoms with Gasteiger partial charge < -0.3 is 9.47 Å². The van der Waals surface area contributed by atoms with Crippen molar-refractivity contribution < 1.29 is 9.18 Å². The van der Waals surface area contributed by atoms with Gasteiger partial charge in [0.25, 0.3) is 0 Å². The molecule has 0 radical (unpaired) electrons. The fourth-order valence-corrected chi connectivity index (χ4v) is 2.35. The van der Waals surface area contributed by atoms with E-state index in [1.165, 1.54) is 12.1 Å². The lowest BCUT2D eigenvalue weighted by molar-refractivity contribution is -0.131. The van der Waals surface area contributed by atoms with Gasteiger partial charge >= 0.3 is 0 Å². The van der Waals surface area contributed by atoms with Crippen LogP contribution < -0.4 is 0 Å². The summed E-state index contributed by atoms with van der Waals surface area (Å²) in [5.74, 6) is -0.296. The number of likely N-dealkylation sites (N-methyl/N-ethyl adjacent to an activating group) is 1. The van der Waals surface area contributed by atoms with Gasteiger partial charge in [0, 0.05) is 13.6 Å². The largest absolute Gasteiger partial charge is 0.340 e. The van der Waals surface area contributed by atoms with Crippen LogP contribution in [0.15, 0.2) is 54.9 Å². The van der Waals surface area contributed by atoms with Crippen LogP contribution in [0.4, 0.5) is 4.39 Å². The minimum atomic E-state index is -0.275. The zero-order chi connectivity index (χ0) is 15.5. The van der Waals surface area contributed by atoms with Crippen LogP contribution in [0.25, 0.3) is 11.0 Å². The predicted octanol–water partition coefficient (Wildman–Crippen LogP) is 2.83. The average molecular weight is 297 g/mol. The van der Waals surface area contributed by atoms with Crippen molar-refractivity contribution in [3.05, 3.63) is 66.2 Å². The first kappa shape index (κ1) is 14.3. The first-order chi connectivity index (χ1) is 10.6. The molecular formula is C17H16FN3O. The number of amides is 1. The van der Waals surface area contributed by atoms with E-state index in [1.54, 1.807) is 30.4 Å². The van der Waals surface area contributed by atoms with Crippen LogP contribution >= 0.6 is 0 Å². The number of hydrogen-bond donors (Lipinski definition) is 0. The summed E-state index contributed by atoms with van der Waals surface area (Å²) in [5, 5.41) is 0. The number of carbonyl (C=O) groups excluding carboxylic acids is 1. The fraction of sp³-hybridized carbons (Fsp3) is 0.176. The number of carbonyl (C=O) groups is 1. The number of halogens is 1. The normalized spacial score (nSPS) is 10.8. The Morgan fingerprint density at radius 2 is 1.91 bits per heavy atom. The van der Waals surface area contributed by atoms with E-state index >= 15 is 0 Å². The summed E-state index contributed by atoms with van der Waals surface area (Å²) >= 11 is 0. The van der Waals surface area contributed by atoms with Crippen molar-refractivity contribution in [2.45, 2.75) is 13.1 Å². The lowest BCUT2D eigenvalue weighted by Gasteiger charge is -2.17. The van der Waals surface area contributed by atoms with E-state index in [9.17, 15) is 9.18 Å². The molecule has 0 bridgehead atoms. The maximum Gasteiger partial charge on any atom is 0.242 e. The van der Waals surface area contributed by atoms with Gasteiger partial charge in [-0.1, -0.05) is 24.3 Å². The molecule has 0 aliphatic carbocycles. The second kappa shape index (κ2) is 5.97. The lowest BCUT2D eigenvalue weighted by Crippen LogP contribution is -2.29. The lowest BCUT2D eigenvalue weighted by atomic mass is 10.2. The molecule has 4 nitrogen and oxygen atoms in total. The SMILES string of the molecule is CN(Cc1ccc(F)cc1)C(=O)Cn1cnc2ccccc21. The molecular weight excluding hydrogens is 281 g/mol. The van der Waals surface area contributed by atoms with Gasteiger partial charge in [0.05, 0.1) is 17.4 Å². The topological polar surface area (TPSA) is 38.1 Å². The summed E-state index contributed by atoms with van der Waals surface area (Å²) in [4.78, 5) is 18.2. The summed E-state index contributed by atoms with van der Waals surface area (Å²) < 4.78 is 14.7. The number of nitrogens with zero attached hydrogens (tertiary/aromatic N) is 3. The zero-order valence-corrected chi connectivity index (χ0v) is 12.2. The highest BCUT2D eigenvalue weighted by molar-refractivity contribution is 5.80. The number of para-hydroxylation sites is 2. The molecule has 1 amide bonds. The number of benzene rings is 2. The molecule has 3 aromatic rings. The van der Waals surface area contributed by atoms with Crippen molar-refractivity contribution in [1.82, 2.24) is 14.5 Å². The Kier molecular flexibility index (Phi) is 3.87. The molecule has 0 spiro atoms. The Morgan fingerprint density at radius 1 is 1.18 bits per heavy atom. The number of aromatic nitrogens is 2. The van der Waals surface area contributed by atoms with Gasteiger partial charge in [0.1, 0.15) is 12.4 Å². The highest BCUT2D eigenvalue weighted by Crippen LogP contribution is 2.12. The molecule has 1 heterocycles. The second-order valence-electron chi connectivity index (χ2n) is 5.24. The van der Waals surface area contributed by atoms with Crippen molar-refractivity contribution in [2.75, 3.05) is 7.05 Å². The van der Waals surface area contributed by atoms with Crippen LogP contribution in [-0.2, 0) is 17.9 Å². The van der Waals surface area contributed by atoms with Gasteiger partial charge in [-0.05, 0) is 29.8 Å². The highest BCUT2D eigenvalue weighted by Gasteiger charge is 2.12. The van der Waals surface area contributed by atoms with Gasteiger partial charge in [-0.15, -0.1) is 0 Å². The minimum Gasteiger partial charge on any atom is -0.340 e. The Balaban J connectivity index is 1.69. The van der Waals surface area contributed by atoms with Gasteiger partial charge in [-0.3, -0.25) is 4.79 Å². The molecule has 22 heavy (non-hydrogen) atoms. The summed E-state index contributed by atoms with van der Waals surface area (Å²) in [6.07, 6.45) is 1.67. The van der Waals surface area contributed by atoms with Crippen LogP contribution in [0, 0.1) is 5.82 Å². The average Bonchev–Trinajstić information content (AvgIpc) is 2.93. The Morgan fingerprint density at radius 3 is 2.68 bits per heavy atom. The fourth-order valence-electron chi connectivity index (χ4n) is 2.35. The monoisotopic (exact) mass is 297 g/mol. The van der Waals surface area contributed by atoms with Crippen LogP contribution in [0.1, 0.15) is 5.56 Å². The third-order valence-corrected chi connectivity index (χ3v) is 3.59. The molecule has 5 heteroatoms. The molecule has 0 N–H and O–H groups in total. The predicted molar refractivity (Wildman–Crippen MR) is 82.6 cm³/mol. The van der Waals surface area contributed by atoms with E-state index in [0.717, 1.165) is 16.6 Å². The van der Waals surface area contributed by atoms with Crippen molar-refractivity contribution in [2.24, 2.45) is 0 Å². The standard InChI is InChI=1S/C17H16FN3O/c1-20(10-13-6-8-14(18)9-7-13)17(22)11-21-12-19-15-4-2-3-5-16(15)21/h2-9,12H,10-11H2,1H3. The summed E-state index contributed by atoms with van der Waals surface area (Å²) in [5.41, 5.74) is 2.70. The van der Waals surface area contributed by atoms with Crippen molar-refractivity contribution in [3.8, 4) is 0 Å². The molecule has 2 aromatic carbocycles. The number of rotatable bonds is 4. The highest BCUT2D eigenvalue weighted by atomic mass is 19.1. The molecule has 0 atom stereocenters. The maximum atomic E-state index is 12.9. The maximum absolute atomic E-state index is 12.9. The van der Waals surface area contributed by atoms with E-state index in [0.29, 0.717) is 6.54 Å². The molecule has 0 aliphatic heterocycles. The summed E-state index contributed by atoms with van der Waals surface area (Å²) in [6, 6.07) is 13.9. The molecule has 1 aromatic heterocycles. The molecule has 0 saturated heterocycles.